The summed E-state index contributed by atoms with van der Waals surface area (Å²) >= 11 is 0. The van der Waals surface area contributed by atoms with E-state index in [4.69, 9.17) is 0 Å². The van der Waals surface area contributed by atoms with E-state index in [9.17, 15) is 9.59 Å². The average Bonchev–Trinajstić information content (AvgIpc) is 2.71. The van der Waals surface area contributed by atoms with Crippen molar-refractivity contribution in [3.05, 3.63) is 71.3 Å². The molecule has 2 aromatic rings. The highest BCUT2D eigenvalue weighted by atomic mass is 16.2. The van der Waals surface area contributed by atoms with Crippen molar-refractivity contribution in [3.8, 4) is 0 Å². The molecule has 0 saturated heterocycles. The maximum Gasteiger partial charge on any atom is 0.266 e. The lowest BCUT2D eigenvalue weighted by Crippen LogP contribution is -2.29. The number of anilines is 1. The molecule has 2 aromatic carbocycles. The molecule has 0 bridgehead atoms. The molecule has 3 heteroatoms. The second kappa shape index (κ2) is 5.20. The van der Waals surface area contributed by atoms with Gasteiger partial charge in [-0.1, -0.05) is 24.8 Å². The van der Waals surface area contributed by atoms with Crippen LogP contribution < -0.4 is 4.90 Å². The quantitative estimate of drug-likeness (QED) is 0.584. The van der Waals surface area contributed by atoms with Crippen LogP contribution in [-0.4, -0.2) is 11.8 Å². The van der Waals surface area contributed by atoms with Crippen LogP contribution >= 0.6 is 0 Å². The Labute approximate surface area is 135 Å². The van der Waals surface area contributed by atoms with Crippen molar-refractivity contribution in [1.29, 1.82) is 0 Å². The summed E-state index contributed by atoms with van der Waals surface area (Å²) in [4.78, 5) is 26.8. The van der Waals surface area contributed by atoms with E-state index in [1.165, 1.54) is 4.90 Å². The molecule has 2 amide bonds. The Kier molecular flexibility index (Phi) is 3.15. The van der Waals surface area contributed by atoms with Crippen molar-refractivity contribution in [2.24, 2.45) is 0 Å². The molecule has 2 aliphatic rings. The number of rotatable bonds is 1. The van der Waals surface area contributed by atoms with Gasteiger partial charge in [0.2, 0.25) is 0 Å². The molecule has 0 aromatic heterocycles. The topological polar surface area (TPSA) is 37.4 Å². The average molecular weight is 303 g/mol. The third kappa shape index (κ3) is 2.12. The molecule has 3 nitrogen and oxygen atoms in total. The normalized spacial score (nSPS) is 17.0. The van der Waals surface area contributed by atoms with Crippen molar-refractivity contribution in [2.45, 2.75) is 25.7 Å². The van der Waals surface area contributed by atoms with Gasteiger partial charge in [0.15, 0.2) is 0 Å². The van der Waals surface area contributed by atoms with Crippen LogP contribution in [-0.2, 0) is 6.42 Å². The highest BCUT2D eigenvalue weighted by molar-refractivity contribution is 6.34. The van der Waals surface area contributed by atoms with E-state index >= 15 is 0 Å². The van der Waals surface area contributed by atoms with Crippen LogP contribution in [0, 0.1) is 0 Å². The first-order valence-electron chi connectivity index (χ1n) is 7.96. The fraction of sp³-hybridized carbons (Fsp3) is 0.200. The van der Waals surface area contributed by atoms with Gasteiger partial charge in [0.25, 0.3) is 11.8 Å². The molecule has 0 saturated carbocycles. The Hall–Kier alpha value is -2.68. The molecule has 0 radical (unpaired) electrons. The smallest absolute Gasteiger partial charge is 0.266 e. The maximum atomic E-state index is 12.8. The predicted molar refractivity (Wildman–Crippen MR) is 90.6 cm³/mol. The lowest BCUT2D eigenvalue weighted by atomic mass is 9.94. The highest BCUT2D eigenvalue weighted by Gasteiger charge is 2.37. The SMILES string of the molecule is C=C1CCCCc2cc3c(cc21)C(=O)N(c1ccccc1)C3=O. The fourth-order valence-electron chi connectivity index (χ4n) is 3.47. The van der Waals surface area contributed by atoms with Crippen molar-refractivity contribution in [1.82, 2.24) is 0 Å². The van der Waals surface area contributed by atoms with Crippen molar-refractivity contribution in [3.63, 3.8) is 0 Å². The lowest BCUT2D eigenvalue weighted by molar-refractivity contribution is 0.0926. The number of nitrogens with zero attached hydrogens (tertiary/aromatic N) is 1. The van der Waals surface area contributed by atoms with Crippen molar-refractivity contribution < 1.29 is 9.59 Å². The van der Waals surface area contributed by atoms with Crippen LogP contribution in [0.25, 0.3) is 5.57 Å². The molecule has 0 unspecified atom stereocenters. The summed E-state index contributed by atoms with van der Waals surface area (Å²) < 4.78 is 0. The van der Waals surface area contributed by atoms with Crippen LogP contribution in [0.5, 0.6) is 0 Å². The number of hydrogen-bond donors (Lipinski definition) is 0. The third-order valence-electron chi connectivity index (χ3n) is 4.68. The van der Waals surface area contributed by atoms with E-state index in [2.05, 4.69) is 6.58 Å². The molecule has 1 heterocycles. The minimum absolute atomic E-state index is 0.228. The standard InChI is InChI=1S/C20H17NO2/c1-13-7-5-6-8-14-11-17-18(12-16(13)14)20(23)21(19(17)22)15-9-3-2-4-10-15/h2-4,9-12H,1,5-8H2. The monoisotopic (exact) mass is 303 g/mol. The number of aryl methyl sites for hydroxylation is 1. The molecular weight excluding hydrogens is 286 g/mol. The first-order chi connectivity index (χ1) is 11.2. The summed E-state index contributed by atoms with van der Waals surface area (Å²) in [6, 6.07) is 12.9. The van der Waals surface area contributed by atoms with E-state index in [1.807, 2.05) is 30.3 Å². The van der Waals surface area contributed by atoms with Gasteiger partial charge in [-0.3, -0.25) is 9.59 Å². The summed E-state index contributed by atoms with van der Waals surface area (Å²) in [7, 11) is 0. The number of hydrogen-bond acceptors (Lipinski definition) is 2. The first kappa shape index (κ1) is 13.9. The Morgan fingerprint density at radius 2 is 1.48 bits per heavy atom. The zero-order valence-corrected chi connectivity index (χ0v) is 12.8. The van der Waals surface area contributed by atoms with Crippen LogP contribution in [0.1, 0.15) is 51.1 Å². The zero-order chi connectivity index (χ0) is 16.0. The number of para-hydroxylation sites is 1. The van der Waals surface area contributed by atoms with E-state index in [1.54, 1.807) is 12.1 Å². The molecule has 23 heavy (non-hydrogen) atoms. The number of fused-ring (bicyclic) bond motifs is 2. The van der Waals surface area contributed by atoms with E-state index in [0.29, 0.717) is 16.8 Å². The molecule has 114 valence electrons. The van der Waals surface area contributed by atoms with E-state index in [-0.39, 0.29) is 11.8 Å². The molecule has 4 rings (SSSR count). The Balaban J connectivity index is 1.84. The van der Waals surface area contributed by atoms with E-state index < -0.39 is 0 Å². The van der Waals surface area contributed by atoms with E-state index in [0.717, 1.165) is 42.4 Å². The van der Waals surface area contributed by atoms with Crippen LogP contribution in [0.15, 0.2) is 49.0 Å². The molecule has 0 N–H and O–H groups in total. The molecule has 1 aliphatic heterocycles. The van der Waals surface area contributed by atoms with Gasteiger partial charge in [-0.05, 0) is 66.6 Å². The number of allylic oxidation sites excluding steroid dienone is 1. The molecular formula is C20H17NO2. The van der Waals surface area contributed by atoms with Gasteiger partial charge in [-0.15, -0.1) is 0 Å². The molecule has 0 atom stereocenters. The number of carbonyl (C=O) groups is 2. The Bertz CT molecular complexity index is 836. The summed E-state index contributed by atoms with van der Waals surface area (Å²) in [6.45, 7) is 4.15. The second-order valence-corrected chi connectivity index (χ2v) is 6.15. The highest BCUT2D eigenvalue weighted by Crippen LogP contribution is 2.35. The summed E-state index contributed by atoms with van der Waals surface area (Å²) in [5.74, 6) is -0.468. The van der Waals surface area contributed by atoms with Gasteiger partial charge in [0, 0.05) is 0 Å². The van der Waals surface area contributed by atoms with Gasteiger partial charge in [0.1, 0.15) is 0 Å². The molecule has 1 aliphatic carbocycles. The van der Waals surface area contributed by atoms with Crippen molar-refractivity contribution in [2.75, 3.05) is 4.90 Å². The van der Waals surface area contributed by atoms with Gasteiger partial charge < -0.3 is 0 Å². The third-order valence-corrected chi connectivity index (χ3v) is 4.68. The Morgan fingerprint density at radius 3 is 2.22 bits per heavy atom. The summed E-state index contributed by atoms with van der Waals surface area (Å²) in [5, 5.41) is 0. The fourth-order valence-corrected chi connectivity index (χ4v) is 3.47. The van der Waals surface area contributed by atoms with Gasteiger partial charge in [-0.25, -0.2) is 4.90 Å². The van der Waals surface area contributed by atoms with Crippen molar-refractivity contribution >= 4 is 23.1 Å². The first-order valence-corrected chi connectivity index (χ1v) is 7.96. The van der Waals surface area contributed by atoms with Gasteiger partial charge in [-0.2, -0.15) is 0 Å². The number of carbonyl (C=O) groups excluding carboxylic acids is 2. The minimum Gasteiger partial charge on any atom is -0.268 e. The second-order valence-electron chi connectivity index (χ2n) is 6.15. The van der Waals surface area contributed by atoms with Crippen LogP contribution in [0.2, 0.25) is 0 Å². The number of benzene rings is 2. The summed E-state index contributed by atoms with van der Waals surface area (Å²) in [5.41, 5.74) is 4.90. The number of amides is 2. The molecule has 0 spiro atoms. The Morgan fingerprint density at radius 1 is 0.826 bits per heavy atom. The number of imide groups is 1. The van der Waals surface area contributed by atoms with Crippen LogP contribution in [0.4, 0.5) is 5.69 Å². The van der Waals surface area contributed by atoms with Gasteiger partial charge in [0.05, 0.1) is 16.8 Å². The maximum absolute atomic E-state index is 12.8. The zero-order valence-electron chi connectivity index (χ0n) is 12.8. The largest absolute Gasteiger partial charge is 0.268 e. The summed E-state index contributed by atoms with van der Waals surface area (Å²) in [6.07, 6.45) is 4.09. The molecule has 0 fully saturated rings. The van der Waals surface area contributed by atoms with Gasteiger partial charge >= 0.3 is 0 Å². The van der Waals surface area contributed by atoms with Crippen LogP contribution in [0.3, 0.4) is 0 Å². The lowest BCUT2D eigenvalue weighted by Gasteiger charge is -2.13. The minimum atomic E-state index is -0.240. The predicted octanol–water partition coefficient (Wildman–Crippen LogP) is 4.23.